The van der Waals surface area contributed by atoms with Crippen LogP contribution in [0, 0.1) is 0 Å². The molecule has 0 radical (unpaired) electrons. The molecule has 0 saturated carbocycles. The van der Waals surface area contributed by atoms with E-state index < -0.39 is 52.1 Å². The average molecular weight is 497 g/mol. The number of alkyl halides is 3. The summed E-state index contributed by atoms with van der Waals surface area (Å²) in [5.74, 6) is -2.26. The van der Waals surface area contributed by atoms with Crippen LogP contribution in [-0.4, -0.2) is 32.8 Å². The molecular weight excluding hydrogens is 481 g/mol. The third-order valence-corrected chi connectivity index (χ3v) is 5.22. The zero-order chi connectivity index (χ0) is 25.2. The van der Waals surface area contributed by atoms with Gasteiger partial charge in [0.05, 0.1) is 35.0 Å². The summed E-state index contributed by atoms with van der Waals surface area (Å²) in [6.07, 6.45) is -3.83. The highest BCUT2D eigenvalue weighted by Crippen LogP contribution is 2.36. The van der Waals surface area contributed by atoms with Crippen LogP contribution in [-0.2, 0) is 17.5 Å². The van der Waals surface area contributed by atoms with E-state index in [0.717, 1.165) is 22.9 Å². The van der Waals surface area contributed by atoms with Gasteiger partial charge in [-0.25, -0.2) is 14.4 Å². The van der Waals surface area contributed by atoms with Crippen LogP contribution in [0.1, 0.15) is 38.8 Å². The Hall–Kier alpha value is -3.86. The quantitative estimate of drug-likeness (QED) is 0.523. The second-order valence-corrected chi connectivity index (χ2v) is 7.31. The molecule has 1 aromatic heterocycles. The molecule has 178 valence electrons. The highest BCUT2D eigenvalue weighted by molar-refractivity contribution is 6.32. The van der Waals surface area contributed by atoms with Crippen LogP contribution in [0.15, 0.2) is 58.3 Å². The Bertz CT molecular complexity index is 1380. The normalized spacial score (nSPS) is 11.3. The van der Waals surface area contributed by atoms with Gasteiger partial charge in [0.25, 0.3) is 5.56 Å². The minimum atomic E-state index is -4.77. The molecule has 0 atom stereocenters. The highest BCUT2D eigenvalue weighted by atomic mass is 35.5. The number of carbonyl (C=O) groups excluding carboxylic acids is 1. The number of halogens is 4. The Kier molecular flexibility index (Phi) is 6.96. The second-order valence-electron chi connectivity index (χ2n) is 6.94. The minimum Gasteiger partial charge on any atom is -0.478 e. The largest absolute Gasteiger partial charge is 0.478 e. The molecule has 34 heavy (non-hydrogen) atoms. The highest BCUT2D eigenvalue weighted by Gasteiger charge is 2.34. The summed E-state index contributed by atoms with van der Waals surface area (Å²) in [5, 5.41) is 8.37. The minimum absolute atomic E-state index is 0.0773. The molecule has 0 bridgehead atoms. The maximum Gasteiger partial charge on any atom is 0.417 e. The van der Waals surface area contributed by atoms with Crippen molar-refractivity contribution in [3.05, 3.63) is 96.8 Å². The van der Waals surface area contributed by atoms with E-state index >= 15 is 0 Å². The molecule has 0 unspecified atom stereocenters. The first-order valence-corrected chi connectivity index (χ1v) is 10.1. The van der Waals surface area contributed by atoms with E-state index in [4.69, 9.17) is 21.4 Å². The first kappa shape index (κ1) is 24.8. The molecule has 0 aliphatic rings. The van der Waals surface area contributed by atoms with Gasteiger partial charge in [-0.3, -0.25) is 13.9 Å². The fourth-order valence-corrected chi connectivity index (χ4v) is 3.42. The molecule has 1 heterocycles. The zero-order valence-corrected chi connectivity index (χ0v) is 18.2. The molecule has 1 N–H and O–H groups in total. The van der Waals surface area contributed by atoms with Crippen molar-refractivity contribution in [3.8, 4) is 5.69 Å². The molecule has 12 heteroatoms. The summed E-state index contributed by atoms with van der Waals surface area (Å²) in [6, 6.07) is 7.99. The fraction of sp³-hybridized carbons (Fsp3) is 0.182. The van der Waals surface area contributed by atoms with Gasteiger partial charge in [0, 0.05) is 6.20 Å². The van der Waals surface area contributed by atoms with Crippen molar-refractivity contribution in [2.24, 2.45) is 0 Å². The number of rotatable bonds is 6. The third kappa shape index (κ3) is 4.88. The Morgan fingerprint density at radius 1 is 1.09 bits per heavy atom. The van der Waals surface area contributed by atoms with E-state index in [1.165, 1.54) is 37.3 Å². The Morgan fingerprint density at radius 3 is 2.29 bits per heavy atom. The summed E-state index contributed by atoms with van der Waals surface area (Å²) in [6.45, 7) is 0.754. The third-order valence-electron chi connectivity index (χ3n) is 4.77. The number of ether oxygens (including phenoxy) is 1. The number of carbonyl (C=O) groups is 2. The van der Waals surface area contributed by atoms with Gasteiger partial charge in [0.1, 0.15) is 5.56 Å². The molecule has 3 rings (SSSR count). The lowest BCUT2D eigenvalue weighted by Crippen LogP contribution is -2.42. The van der Waals surface area contributed by atoms with Crippen LogP contribution < -0.4 is 11.2 Å². The number of carboxylic acid groups (broad SMARTS) is 1. The summed E-state index contributed by atoms with van der Waals surface area (Å²) >= 11 is 5.91. The average Bonchev–Trinajstić information content (AvgIpc) is 2.77. The van der Waals surface area contributed by atoms with E-state index in [2.05, 4.69) is 0 Å². The smallest absolute Gasteiger partial charge is 0.417 e. The second kappa shape index (κ2) is 9.56. The number of aromatic carboxylic acids is 1. The maximum atomic E-state index is 13.2. The SMILES string of the molecule is CCOC(=O)c1cn(-c2ccc(C(=O)O)cc2)c(=O)n(Cc2cccc(C(F)(F)F)c2Cl)c1=O. The molecule has 3 aromatic rings. The molecule has 0 fully saturated rings. The van der Waals surface area contributed by atoms with Crippen LogP contribution in [0.4, 0.5) is 13.2 Å². The summed E-state index contributed by atoms with van der Waals surface area (Å²) in [7, 11) is 0. The number of benzene rings is 2. The number of carboxylic acids is 1. The van der Waals surface area contributed by atoms with E-state index in [1.54, 1.807) is 0 Å². The van der Waals surface area contributed by atoms with Crippen LogP contribution in [0.5, 0.6) is 0 Å². The Labute approximate surface area is 194 Å². The molecule has 0 aliphatic carbocycles. The molecule has 0 aliphatic heterocycles. The van der Waals surface area contributed by atoms with E-state index in [0.29, 0.717) is 4.57 Å². The van der Waals surface area contributed by atoms with Crippen molar-refractivity contribution < 1.29 is 32.6 Å². The van der Waals surface area contributed by atoms with Crippen LogP contribution >= 0.6 is 11.6 Å². The molecule has 0 spiro atoms. The zero-order valence-electron chi connectivity index (χ0n) is 17.4. The Balaban J connectivity index is 2.23. The predicted octanol–water partition coefficient (Wildman–Crippen LogP) is 3.59. The van der Waals surface area contributed by atoms with E-state index in [9.17, 15) is 32.3 Å². The summed E-state index contributed by atoms with van der Waals surface area (Å²) in [5.41, 5.74) is -3.93. The van der Waals surface area contributed by atoms with Crippen molar-refractivity contribution in [2.45, 2.75) is 19.6 Å². The number of aromatic nitrogens is 2. The van der Waals surface area contributed by atoms with Gasteiger partial charge in [0.2, 0.25) is 0 Å². The van der Waals surface area contributed by atoms with E-state index in [1.807, 2.05) is 0 Å². The molecule has 2 aromatic carbocycles. The number of esters is 1. The summed E-state index contributed by atoms with van der Waals surface area (Å²) in [4.78, 5) is 49.5. The topological polar surface area (TPSA) is 108 Å². The van der Waals surface area contributed by atoms with Crippen molar-refractivity contribution in [1.29, 1.82) is 0 Å². The van der Waals surface area contributed by atoms with Gasteiger partial charge >= 0.3 is 23.8 Å². The summed E-state index contributed by atoms with van der Waals surface area (Å²) < 4.78 is 46.0. The number of hydrogen-bond acceptors (Lipinski definition) is 5. The van der Waals surface area contributed by atoms with Gasteiger partial charge in [-0.05, 0) is 42.8 Å². The van der Waals surface area contributed by atoms with Gasteiger partial charge in [-0.15, -0.1) is 0 Å². The van der Waals surface area contributed by atoms with Crippen molar-refractivity contribution >= 4 is 23.5 Å². The molecule has 0 amide bonds. The molecule has 0 saturated heterocycles. The molecular formula is C22H16ClF3N2O6. The standard InChI is InChI=1S/C22H16ClF3N2O6/c1-2-34-20(32)15-11-27(14-8-6-12(7-9-14)19(30)31)21(33)28(18(15)29)10-13-4-3-5-16(17(13)23)22(24,25)26/h3-9,11H,2,10H2,1H3,(H,30,31). The van der Waals surface area contributed by atoms with Gasteiger partial charge in [-0.1, -0.05) is 23.7 Å². The first-order chi connectivity index (χ1) is 16.0. The number of hydrogen-bond donors (Lipinski definition) is 1. The van der Waals surface area contributed by atoms with Gasteiger partial charge < -0.3 is 9.84 Å². The monoisotopic (exact) mass is 496 g/mol. The lowest BCUT2D eigenvalue weighted by molar-refractivity contribution is -0.137. The predicted molar refractivity (Wildman–Crippen MR) is 115 cm³/mol. The lowest BCUT2D eigenvalue weighted by Gasteiger charge is -2.15. The van der Waals surface area contributed by atoms with E-state index in [-0.39, 0.29) is 23.4 Å². The molecule has 8 nitrogen and oxygen atoms in total. The maximum absolute atomic E-state index is 13.2. The van der Waals surface area contributed by atoms with Crippen LogP contribution in [0.25, 0.3) is 5.69 Å². The number of nitrogens with zero attached hydrogens (tertiary/aromatic N) is 2. The van der Waals surface area contributed by atoms with Gasteiger partial charge in [-0.2, -0.15) is 13.2 Å². The lowest BCUT2D eigenvalue weighted by atomic mass is 10.1. The van der Waals surface area contributed by atoms with Crippen molar-refractivity contribution in [1.82, 2.24) is 9.13 Å². The fourth-order valence-electron chi connectivity index (χ4n) is 3.13. The van der Waals surface area contributed by atoms with Crippen LogP contribution in [0.2, 0.25) is 5.02 Å². The van der Waals surface area contributed by atoms with Crippen LogP contribution in [0.3, 0.4) is 0 Å². The van der Waals surface area contributed by atoms with Gasteiger partial charge in [0.15, 0.2) is 0 Å². The first-order valence-electron chi connectivity index (χ1n) is 9.67. The van der Waals surface area contributed by atoms with Crippen molar-refractivity contribution in [3.63, 3.8) is 0 Å². The Morgan fingerprint density at radius 2 is 1.74 bits per heavy atom. The van der Waals surface area contributed by atoms with Crippen molar-refractivity contribution in [2.75, 3.05) is 6.61 Å².